The molecule has 1 N–H and O–H groups in total. The van der Waals surface area contributed by atoms with Crippen molar-refractivity contribution in [1.82, 2.24) is 9.55 Å². The average molecular weight is 310 g/mol. The van der Waals surface area contributed by atoms with Crippen LogP contribution in [0.3, 0.4) is 0 Å². The lowest BCUT2D eigenvalue weighted by Gasteiger charge is -2.38. The lowest BCUT2D eigenvalue weighted by Crippen LogP contribution is -2.40. The van der Waals surface area contributed by atoms with Crippen LogP contribution >= 0.6 is 0 Å². The standard InChI is InChI=1S/C19H22N2O2/c22-18-15(5-6-19(18)7-9-23-10-8-19)17-14-4-2-1-3-13(14)16-11-20-12-21(16)17/h1-4,11-12,15,17-18,22H,5-10H2/t15-,17+,18+/m1/s1. The minimum absolute atomic E-state index is 0.0706. The molecule has 1 saturated heterocycles. The molecular formula is C19H22N2O2. The van der Waals surface area contributed by atoms with Gasteiger partial charge in [-0.3, -0.25) is 0 Å². The zero-order valence-electron chi connectivity index (χ0n) is 13.2. The van der Waals surface area contributed by atoms with Crippen molar-refractivity contribution in [1.29, 1.82) is 0 Å². The molecule has 1 aromatic heterocycles. The Kier molecular flexibility index (Phi) is 2.94. The SMILES string of the molecule is O[C@H]1[C@@H]([C@@H]2c3ccccc3-c3cncn32)CCC12CCOCC2. The summed E-state index contributed by atoms with van der Waals surface area (Å²) in [6.07, 6.45) is 7.82. The maximum Gasteiger partial charge on any atom is 0.0956 e. The lowest BCUT2D eigenvalue weighted by atomic mass is 9.74. The van der Waals surface area contributed by atoms with Crippen molar-refractivity contribution in [3.63, 3.8) is 0 Å². The third-order valence-electron chi connectivity index (χ3n) is 6.42. The van der Waals surface area contributed by atoms with Gasteiger partial charge in [-0.2, -0.15) is 0 Å². The second-order valence-corrected chi connectivity index (χ2v) is 7.34. The summed E-state index contributed by atoms with van der Waals surface area (Å²) in [6.45, 7) is 1.59. The van der Waals surface area contributed by atoms with Crippen LogP contribution in [-0.2, 0) is 4.74 Å². The van der Waals surface area contributed by atoms with Gasteiger partial charge in [0.25, 0.3) is 0 Å². The van der Waals surface area contributed by atoms with Crippen LogP contribution < -0.4 is 0 Å². The highest BCUT2D eigenvalue weighted by molar-refractivity contribution is 5.69. The Morgan fingerprint density at radius 2 is 2.00 bits per heavy atom. The van der Waals surface area contributed by atoms with Crippen molar-refractivity contribution in [2.75, 3.05) is 13.2 Å². The van der Waals surface area contributed by atoms with Crippen LogP contribution in [-0.4, -0.2) is 34.0 Å². The first-order chi connectivity index (χ1) is 11.3. The molecule has 120 valence electrons. The molecule has 1 aliphatic carbocycles. The Bertz CT molecular complexity index is 732. The Balaban J connectivity index is 1.56. The predicted octanol–water partition coefficient (Wildman–Crippen LogP) is 3.02. The van der Waals surface area contributed by atoms with Crippen molar-refractivity contribution in [2.24, 2.45) is 11.3 Å². The molecule has 3 heterocycles. The molecule has 3 aliphatic rings. The number of imidazole rings is 1. The summed E-state index contributed by atoms with van der Waals surface area (Å²) in [5.41, 5.74) is 3.88. The number of aromatic nitrogens is 2. The van der Waals surface area contributed by atoms with E-state index in [-0.39, 0.29) is 23.5 Å². The van der Waals surface area contributed by atoms with Gasteiger partial charge in [0.15, 0.2) is 0 Å². The largest absolute Gasteiger partial charge is 0.392 e. The molecule has 3 atom stereocenters. The fourth-order valence-electron chi connectivity index (χ4n) is 5.18. The summed E-state index contributed by atoms with van der Waals surface area (Å²) in [5.74, 6) is 0.268. The van der Waals surface area contributed by atoms with E-state index in [0.717, 1.165) is 38.9 Å². The molecule has 23 heavy (non-hydrogen) atoms. The minimum atomic E-state index is -0.252. The first-order valence-corrected chi connectivity index (χ1v) is 8.67. The zero-order valence-corrected chi connectivity index (χ0v) is 13.2. The van der Waals surface area contributed by atoms with Gasteiger partial charge >= 0.3 is 0 Å². The quantitative estimate of drug-likeness (QED) is 0.881. The van der Waals surface area contributed by atoms with Gasteiger partial charge in [-0.05, 0) is 31.2 Å². The van der Waals surface area contributed by atoms with Gasteiger partial charge < -0.3 is 14.4 Å². The highest BCUT2D eigenvalue weighted by Crippen LogP contribution is 2.55. The maximum atomic E-state index is 11.2. The molecule has 4 nitrogen and oxygen atoms in total. The third-order valence-corrected chi connectivity index (χ3v) is 6.42. The van der Waals surface area contributed by atoms with E-state index in [4.69, 9.17) is 4.74 Å². The fourth-order valence-corrected chi connectivity index (χ4v) is 5.18. The Morgan fingerprint density at radius 3 is 2.87 bits per heavy atom. The molecule has 5 rings (SSSR count). The second-order valence-electron chi connectivity index (χ2n) is 7.34. The number of fused-ring (bicyclic) bond motifs is 3. The minimum Gasteiger partial charge on any atom is -0.392 e. The van der Waals surface area contributed by atoms with Gasteiger partial charge in [0, 0.05) is 30.1 Å². The molecule has 0 unspecified atom stereocenters. The second kappa shape index (κ2) is 4.92. The van der Waals surface area contributed by atoms with Crippen molar-refractivity contribution < 1.29 is 9.84 Å². The molecule has 1 aromatic carbocycles. The van der Waals surface area contributed by atoms with Gasteiger partial charge in [0.1, 0.15) is 0 Å². The highest BCUT2D eigenvalue weighted by Gasteiger charge is 2.52. The van der Waals surface area contributed by atoms with E-state index in [1.165, 1.54) is 16.8 Å². The maximum absolute atomic E-state index is 11.2. The molecule has 2 fully saturated rings. The van der Waals surface area contributed by atoms with Crippen LogP contribution in [0.4, 0.5) is 0 Å². The number of aliphatic hydroxyl groups is 1. The first-order valence-electron chi connectivity index (χ1n) is 8.67. The third kappa shape index (κ3) is 1.82. The molecule has 1 spiro atoms. The molecule has 2 aromatic rings. The lowest BCUT2D eigenvalue weighted by molar-refractivity contribution is -0.0597. The number of ether oxygens (including phenoxy) is 1. The Labute approximate surface area is 136 Å². The van der Waals surface area contributed by atoms with E-state index in [1.54, 1.807) is 0 Å². The number of rotatable bonds is 1. The normalized spacial score (nSPS) is 31.3. The van der Waals surface area contributed by atoms with Gasteiger partial charge in [-0.1, -0.05) is 24.3 Å². The number of nitrogens with zero attached hydrogens (tertiary/aromatic N) is 2. The summed E-state index contributed by atoms with van der Waals surface area (Å²) >= 11 is 0. The van der Waals surface area contributed by atoms with E-state index >= 15 is 0 Å². The number of hydrogen-bond acceptors (Lipinski definition) is 3. The Morgan fingerprint density at radius 1 is 1.17 bits per heavy atom. The summed E-state index contributed by atoms with van der Waals surface area (Å²) in [5, 5.41) is 11.2. The van der Waals surface area contributed by atoms with Gasteiger partial charge in [0.05, 0.1) is 30.4 Å². The number of hydrogen-bond donors (Lipinski definition) is 1. The van der Waals surface area contributed by atoms with Crippen LogP contribution in [0.25, 0.3) is 11.3 Å². The van der Waals surface area contributed by atoms with Gasteiger partial charge in [0.2, 0.25) is 0 Å². The zero-order chi connectivity index (χ0) is 15.4. The van der Waals surface area contributed by atoms with E-state index < -0.39 is 0 Å². The molecule has 0 radical (unpaired) electrons. The van der Waals surface area contributed by atoms with Crippen molar-refractivity contribution in [2.45, 2.75) is 37.8 Å². The van der Waals surface area contributed by atoms with Crippen LogP contribution in [0.15, 0.2) is 36.8 Å². The van der Waals surface area contributed by atoms with Crippen LogP contribution in [0.5, 0.6) is 0 Å². The predicted molar refractivity (Wildman–Crippen MR) is 87.0 cm³/mol. The molecule has 4 heteroatoms. The topological polar surface area (TPSA) is 47.3 Å². The summed E-state index contributed by atoms with van der Waals surface area (Å²) < 4.78 is 7.81. The summed E-state index contributed by atoms with van der Waals surface area (Å²) in [7, 11) is 0. The van der Waals surface area contributed by atoms with Gasteiger partial charge in [-0.15, -0.1) is 0 Å². The number of benzene rings is 1. The monoisotopic (exact) mass is 310 g/mol. The first kappa shape index (κ1) is 13.8. The summed E-state index contributed by atoms with van der Waals surface area (Å²) in [4.78, 5) is 4.35. The van der Waals surface area contributed by atoms with E-state index in [9.17, 15) is 5.11 Å². The van der Waals surface area contributed by atoms with E-state index in [1.807, 2.05) is 12.5 Å². The van der Waals surface area contributed by atoms with Crippen LogP contribution in [0, 0.1) is 11.3 Å². The fraction of sp³-hybridized carbons (Fsp3) is 0.526. The molecule has 1 saturated carbocycles. The highest BCUT2D eigenvalue weighted by atomic mass is 16.5. The van der Waals surface area contributed by atoms with E-state index in [0.29, 0.717) is 0 Å². The smallest absolute Gasteiger partial charge is 0.0956 e. The molecule has 0 bridgehead atoms. The number of aliphatic hydroxyl groups excluding tert-OH is 1. The van der Waals surface area contributed by atoms with Crippen molar-refractivity contribution in [3.05, 3.63) is 42.4 Å². The van der Waals surface area contributed by atoms with E-state index in [2.05, 4.69) is 33.8 Å². The van der Waals surface area contributed by atoms with Crippen molar-refractivity contribution >= 4 is 0 Å². The van der Waals surface area contributed by atoms with Gasteiger partial charge in [-0.25, -0.2) is 4.98 Å². The average Bonchev–Trinajstić information content (AvgIpc) is 3.25. The molecular weight excluding hydrogens is 288 g/mol. The molecule has 2 aliphatic heterocycles. The molecule has 0 amide bonds. The van der Waals surface area contributed by atoms with Crippen molar-refractivity contribution in [3.8, 4) is 11.3 Å². The van der Waals surface area contributed by atoms with Crippen LogP contribution in [0.1, 0.15) is 37.3 Å². The summed E-state index contributed by atoms with van der Waals surface area (Å²) in [6, 6.07) is 8.81. The Hall–Kier alpha value is -1.65. The van der Waals surface area contributed by atoms with Crippen LogP contribution in [0.2, 0.25) is 0 Å².